The highest BCUT2D eigenvalue weighted by Gasteiger charge is 2.44. The number of rotatable bonds is 17. The molecule has 0 fully saturated rings. The molecule has 1 unspecified atom stereocenters. The van der Waals surface area contributed by atoms with Gasteiger partial charge in [-0.15, -0.1) is 0 Å². The Hall–Kier alpha value is -3.07. The number of ether oxygens (including phenoxy) is 2. The van der Waals surface area contributed by atoms with Crippen molar-refractivity contribution in [2.45, 2.75) is 89.5 Å². The zero-order valence-electron chi connectivity index (χ0n) is 27.4. The van der Waals surface area contributed by atoms with Crippen LogP contribution in [0.2, 0.25) is 10.0 Å². The van der Waals surface area contributed by atoms with Crippen LogP contribution in [0.1, 0.15) is 81.9 Å². The first-order chi connectivity index (χ1) is 22.1. The molecule has 3 aromatic carbocycles. The van der Waals surface area contributed by atoms with Gasteiger partial charge in [-0.3, -0.25) is 9.59 Å². The van der Waals surface area contributed by atoms with E-state index in [1.807, 2.05) is 60.7 Å². The molecule has 0 aromatic heterocycles. The van der Waals surface area contributed by atoms with Gasteiger partial charge in [0.15, 0.2) is 6.10 Å². The van der Waals surface area contributed by atoms with Crippen LogP contribution in [0.25, 0.3) is 0 Å². The largest absolute Gasteiger partial charge is 0.482 e. The van der Waals surface area contributed by atoms with Gasteiger partial charge in [-0.25, -0.2) is 0 Å². The van der Waals surface area contributed by atoms with E-state index in [9.17, 15) is 22.8 Å². The lowest BCUT2D eigenvalue weighted by Crippen LogP contribution is -2.38. The van der Waals surface area contributed by atoms with Crippen LogP contribution in [-0.4, -0.2) is 54.7 Å². The van der Waals surface area contributed by atoms with Gasteiger partial charge in [0.25, 0.3) is 5.78 Å². The second kappa shape index (κ2) is 17.9. The zero-order valence-corrected chi connectivity index (χ0v) is 28.9. The maximum atomic E-state index is 13.3. The van der Waals surface area contributed by atoms with Crippen LogP contribution in [0, 0.1) is 0 Å². The normalized spacial score (nSPS) is 12.7. The molecule has 0 spiro atoms. The Morgan fingerprint density at radius 2 is 1.34 bits per heavy atom. The third-order valence-corrected chi connectivity index (χ3v) is 8.09. The second-order valence-corrected chi connectivity index (χ2v) is 13.7. The molecule has 0 aliphatic carbocycles. The molecule has 0 radical (unpaired) electrons. The molecule has 0 amide bonds. The number of unbranched alkanes of at least 4 members (excludes halogenated alkanes) is 2. The number of halogens is 5. The molecule has 0 aliphatic rings. The van der Waals surface area contributed by atoms with E-state index in [1.165, 1.54) is 0 Å². The first-order valence-corrected chi connectivity index (χ1v) is 16.6. The monoisotopic (exact) mass is 693 g/mol. The van der Waals surface area contributed by atoms with E-state index in [-0.39, 0.29) is 30.5 Å². The summed E-state index contributed by atoms with van der Waals surface area (Å²) in [6, 6.07) is 22.6. The van der Waals surface area contributed by atoms with E-state index in [0.29, 0.717) is 29.3 Å². The third-order valence-electron chi connectivity index (χ3n) is 7.59. The van der Waals surface area contributed by atoms with E-state index in [4.69, 9.17) is 32.7 Å². The van der Waals surface area contributed by atoms with Gasteiger partial charge in [-0.2, -0.15) is 13.2 Å². The fraction of sp³-hybridized carbons (Fsp3) is 0.459. The molecule has 3 rings (SSSR count). The summed E-state index contributed by atoms with van der Waals surface area (Å²) in [5.41, 5.74) is 2.73. The molecule has 0 saturated heterocycles. The summed E-state index contributed by atoms with van der Waals surface area (Å²) in [6.07, 6.45) is -3.74. The number of benzene rings is 3. The number of hydrogen-bond acceptors (Lipinski definition) is 5. The summed E-state index contributed by atoms with van der Waals surface area (Å²) in [6.45, 7) is 6.92. The Bertz CT molecular complexity index is 1360. The Balaban J connectivity index is 1.51. The molecule has 1 atom stereocenters. The molecule has 0 N–H and O–H groups in total. The van der Waals surface area contributed by atoms with E-state index in [2.05, 4.69) is 11.9 Å². The van der Waals surface area contributed by atoms with Crippen molar-refractivity contribution in [1.82, 2.24) is 4.90 Å². The standard InChI is InChI=1S/C37H44Cl2F3NO4/c1-36(2,3)47-34(44)11-7-5-6-10-33(35(45)37(40,41)42)46-31-22-12-26(13-23-31)9-8-24-43(4)25-32(27-14-18-29(38)19-15-27)28-16-20-30(39)21-17-28/h12-23,32-33H,5-11,24-25H2,1-4H3. The minimum absolute atomic E-state index is 0.103. The number of ketones is 1. The van der Waals surface area contributed by atoms with Crippen LogP contribution in [0.15, 0.2) is 72.8 Å². The minimum Gasteiger partial charge on any atom is -0.482 e. The Morgan fingerprint density at radius 3 is 1.85 bits per heavy atom. The van der Waals surface area contributed by atoms with Gasteiger partial charge in [0, 0.05) is 28.9 Å². The van der Waals surface area contributed by atoms with Crippen LogP contribution >= 0.6 is 23.2 Å². The van der Waals surface area contributed by atoms with Crippen LogP contribution in [-0.2, 0) is 20.7 Å². The number of esters is 1. The summed E-state index contributed by atoms with van der Waals surface area (Å²) in [4.78, 5) is 26.3. The lowest BCUT2D eigenvalue weighted by Gasteiger charge is -2.25. The molecule has 0 aliphatic heterocycles. The zero-order chi connectivity index (χ0) is 34.6. The number of carbonyl (C=O) groups is 2. The minimum atomic E-state index is -5.01. The maximum Gasteiger partial charge on any atom is 0.453 e. The fourth-order valence-corrected chi connectivity index (χ4v) is 5.49. The predicted molar refractivity (Wildman–Crippen MR) is 181 cm³/mol. The highest BCUT2D eigenvalue weighted by atomic mass is 35.5. The van der Waals surface area contributed by atoms with Gasteiger partial charge < -0.3 is 14.4 Å². The van der Waals surface area contributed by atoms with Gasteiger partial charge >= 0.3 is 12.1 Å². The second-order valence-electron chi connectivity index (χ2n) is 12.8. The van der Waals surface area contributed by atoms with Crippen LogP contribution in [0.5, 0.6) is 5.75 Å². The van der Waals surface area contributed by atoms with Crippen molar-refractivity contribution in [2.75, 3.05) is 20.1 Å². The molecule has 256 valence electrons. The highest BCUT2D eigenvalue weighted by molar-refractivity contribution is 6.30. The van der Waals surface area contributed by atoms with Gasteiger partial charge in [-0.1, -0.05) is 66.0 Å². The molecular formula is C37H44Cl2F3NO4. The Kier molecular flexibility index (Phi) is 14.6. The third kappa shape index (κ3) is 13.9. The number of Topliss-reactive ketones (excluding diaryl/α,β-unsaturated/α-hetero) is 1. The van der Waals surface area contributed by atoms with Gasteiger partial charge in [-0.05, 0) is 120 Å². The molecule has 0 heterocycles. The molecule has 0 bridgehead atoms. The van der Waals surface area contributed by atoms with Crippen molar-refractivity contribution >= 4 is 35.0 Å². The number of aryl methyl sites for hydroxylation is 1. The number of alkyl halides is 3. The summed E-state index contributed by atoms with van der Waals surface area (Å²) < 4.78 is 50.7. The summed E-state index contributed by atoms with van der Waals surface area (Å²) in [5.74, 6) is -1.94. The van der Waals surface area contributed by atoms with Gasteiger partial charge in [0.05, 0.1) is 0 Å². The van der Waals surface area contributed by atoms with Crippen molar-refractivity contribution < 1.29 is 32.2 Å². The Labute approximate surface area is 286 Å². The van der Waals surface area contributed by atoms with Gasteiger partial charge in [0.1, 0.15) is 11.4 Å². The molecule has 3 aromatic rings. The summed E-state index contributed by atoms with van der Waals surface area (Å²) >= 11 is 12.3. The Morgan fingerprint density at radius 1 is 0.787 bits per heavy atom. The average molecular weight is 695 g/mol. The van der Waals surface area contributed by atoms with E-state index in [1.54, 1.807) is 32.9 Å². The maximum absolute atomic E-state index is 13.3. The quantitative estimate of drug-likeness (QED) is 0.104. The molecule has 0 saturated carbocycles. The SMILES string of the molecule is CN(CCCc1ccc(OC(CCCCCC(=O)OC(C)(C)C)C(=O)C(F)(F)F)cc1)CC(c1ccc(Cl)cc1)c1ccc(Cl)cc1. The van der Waals surface area contributed by atoms with Crippen molar-refractivity contribution in [2.24, 2.45) is 0 Å². The highest BCUT2D eigenvalue weighted by Crippen LogP contribution is 2.29. The van der Waals surface area contributed by atoms with E-state index in [0.717, 1.165) is 42.6 Å². The smallest absolute Gasteiger partial charge is 0.453 e. The predicted octanol–water partition coefficient (Wildman–Crippen LogP) is 9.86. The van der Waals surface area contributed by atoms with Crippen LogP contribution in [0.3, 0.4) is 0 Å². The number of likely N-dealkylation sites (N-methyl/N-ethyl adjacent to an activating group) is 1. The van der Waals surface area contributed by atoms with Crippen molar-refractivity contribution in [3.05, 3.63) is 99.5 Å². The van der Waals surface area contributed by atoms with Crippen LogP contribution in [0.4, 0.5) is 13.2 Å². The van der Waals surface area contributed by atoms with Crippen molar-refractivity contribution in [3.8, 4) is 5.75 Å². The lowest BCUT2D eigenvalue weighted by atomic mass is 9.91. The average Bonchev–Trinajstić information content (AvgIpc) is 2.99. The van der Waals surface area contributed by atoms with Crippen LogP contribution < -0.4 is 4.74 Å². The number of hydrogen-bond donors (Lipinski definition) is 0. The number of carbonyl (C=O) groups excluding carboxylic acids is 2. The van der Waals surface area contributed by atoms with Crippen molar-refractivity contribution in [3.63, 3.8) is 0 Å². The fourth-order valence-electron chi connectivity index (χ4n) is 5.24. The first-order valence-electron chi connectivity index (χ1n) is 15.9. The topological polar surface area (TPSA) is 55.8 Å². The lowest BCUT2D eigenvalue weighted by molar-refractivity contribution is -0.178. The molecule has 5 nitrogen and oxygen atoms in total. The first kappa shape index (κ1) is 38.4. The van der Waals surface area contributed by atoms with E-state index < -0.39 is 23.7 Å². The van der Waals surface area contributed by atoms with E-state index >= 15 is 0 Å². The summed E-state index contributed by atoms with van der Waals surface area (Å²) in [5, 5.41) is 1.37. The van der Waals surface area contributed by atoms with Crippen molar-refractivity contribution in [1.29, 1.82) is 0 Å². The summed E-state index contributed by atoms with van der Waals surface area (Å²) in [7, 11) is 2.07. The van der Waals surface area contributed by atoms with Gasteiger partial charge in [0.2, 0.25) is 0 Å². The molecule has 47 heavy (non-hydrogen) atoms. The molecule has 10 heteroatoms. The molecular weight excluding hydrogens is 650 g/mol. The number of nitrogens with zero attached hydrogens (tertiary/aromatic N) is 1.